The topological polar surface area (TPSA) is 17.1 Å². The van der Waals surface area contributed by atoms with Crippen LogP contribution in [0.2, 0.25) is 20.1 Å². The van der Waals surface area contributed by atoms with Gasteiger partial charge in [-0.2, -0.15) is 0 Å². The molecule has 0 saturated heterocycles. The van der Waals surface area contributed by atoms with E-state index in [-0.39, 0.29) is 5.56 Å². The van der Waals surface area contributed by atoms with Crippen LogP contribution >= 0.6 is 58.0 Å². The highest BCUT2D eigenvalue weighted by atomic mass is 35.5. The molecule has 0 aliphatic carbocycles. The highest BCUT2D eigenvalue weighted by Gasteiger charge is 2.14. The Morgan fingerprint density at radius 2 is 1.53 bits per heavy atom. The molecule has 0 aliphatic rings. The molecule has 0 N–H and O–H groups in total. The molecule has 0 heterocycles. The number of carbonyl (C=O) groups is 1. The van der Waals surface area contributed by atoms with Gasteiger partial charge in [0.05, 0.1) is 10.0 Å². The Labute approximate surface area is 135 Å². The Kier molecular flexibility index (Phi) is 4.65. The molecule has 0 unspecified atom stereocenters. The lowest BCUT2D eigenvalue weighted by molar-refractivity contribution is 0.108. The lowest BCUT2D eigenvalue weighted by Crippen LogP contribution is -1.91. The van der Waals surface area contributed by atoms with E-state index in [0.717, 1.165) is 0 Å². The van der Waals surface area contributed by atoms with Crippen molar-refractivity contribution in [2.75, 3.05) is 0 Å². The number of hydrogen-bond acceptors (Lipinski definition) is 1. The molecule has 0 aromatic heterocycles. The molecule has 0 bridgehead atoms. The summed E-state index contributed by atoms with van der Waals surface area (Å²) >= 11 is 29.6. The Morgan fingerprint density at radius 1 is 0.895 bits per heavy atom. The quantitative estimate of drug-likeness (QED) is 0.454. The second-order valence-corrected chi connectivity index (χ2v) is 5.69. The van der Waals surface area contributed by atoms with Crippen LogP contribution in [0.3, 0.4) is 0 Å². The Morgan fingerprint density at radius 3 is 2.16 bits per heavy atom. The van der Waals surface area contributed by atoms with E-state index in [1.165, 1.54) is 6.07 Å². The third kappa shape index (κ3) is 3.18. The van der Waals surface area contributed by atoms with Gasteiger partial charge in [0.15, 0.2) is 0 Å². The Hall–Kier alpha value is -0.440. The van der Waals surface area contributed by atoms with Gasteiger partial charge in [-0.1, -0.05) is 46.4 Å². The van der Waals surface area contributed by atoms with Crippen molar-refractivity contribution in [1.82, 2.24) is 0 Å². The van der Waals surface area contributed by atoms with Crippen molar-refractivity contribution in [1.29, 1.82) is 0 Å². The first-order chi connectivity index (χ1) is 8.90. The molecule has 0 amide bonds. The maximum absolute atomic E-state index is 11.2. The van der Waals surface area contributed by atoms with Crippen LogP contribution in [0.25, 0.3) is 11.1 Å². The monoisotopic (exact) mass is 352 g/mol. The average Bonchev–Trinajstić information content (AvgIpc) is 2.34. The van der Waals surface area contributed by atoms with Crippen LogP contribution in [0.15, 0.2) is 30.3 Å². The lowest BCUT2D eigenvalue weighted by Gasteiger charge is -2.10. The molecule has 2 aromatic carbocycles. The van der Waals surface area contributed by atoms with Crippen molar-refractivity contribution in [3.05, 3.63) is 56.0 Å². The van der Waals surface area contributed by atoms with Crippen molar-refractivity contribution in [3.8, 4) is 11.1 Å². The number of benzene rings is 2. The number of halogens is 5. The smallest absolute Gasteiger partial charge is 0.252 e. The molecule has 0 fully saturated rings. The predicted octanol–water partition coefficient (Wildman–Crippen LogP) is 6.35. The first-order valence-electron chi connectivity index (χ1n) is 5.04. The van der Waals surface area contributed by atoms with E-state index in [2.05, 4.69) is 0 Å². The summed E-state index contributed by atoms with van der Waals surface area (Å²) in [4.78, 5) is 11.2. The van der Waals surface area contributed by atoms with Crippen LogP contribution < -0.4 is 0 Å². The van der Waals surface area contributed by atoms with Gasteiger partial charge in [0.1, 0.15) is 0 Å². The molecule has 0 spiro atoms. The van der Waals surface area contributed by atoms with Gasteiger partial charge in [0.25, 0.3) is 5.24 Å². The fraction of sp³-hybridized carbons (Fsp3) is 0. The first kappa shape index (κ1) is 15.0. The van der Waals surface area contributed by atoms with E-state index >= 15 is 0 Å². The zero-order chi connectivity index (χ0) is 14.2. The van der Waals surface area contributed by atoms with Crippen LogP contribution in [0.4, 0.5) is 0 Å². The Balaban J connectivity index is 2.72. The van der Waals surface area contributed by atoms with Crippen LogP contribution in [0.1, 0.15) is 10.4 Å². The highest BCUT2D eigenvalue weighted by molar-refractivity contribution is 6.67. The third-order valence-electron chi connectivity index (χ3n) is 2.46. The Bertz CT molecular complexity index is 666. The minimum atomic E-state index is -0.613. The van der Waals surface area contributed by atoms with Gasteiger partial charge in [-0.15, -0.1) is 0 Å². The zero-order valence-corrected chi connectivity index (χ0v) is 13.0. The summed E-state index contributed by atoms with van der Waals surface area (Å²) in [6.45, 7) is 0. The van der Waals surface area contributed by atoms with Crippen LogP contribution in [-0.4, -0.2) is 5.24 Å². The molecule has 0 atom stereocenters. The van der Waals surface area contributed by atoms with E-state index in [0.29, 0.717) is 31.2 Å². The lowest BCUT2D eigenvalue weighted by atomic mass is 10.0. The number of rotatable bonds is 2. The van der Waals surface area contributed by atoms with Crippen molar-refractivity contribution >= 4 is 63.2 Å². The molecule has 19 heavy (non-hydrogen) atoms. The third-order valence-corrected chi connectivity index (χ3v) is 4.01. The van der Waals surface area contributed by atoms with E-state index in [4.69, 9.17) is 58.0 Å². The molecular formula is C13H5Cl5O. The molecule has 0 radical (unpaired) electrons. The van der Waals surface area contributed by atoms with E-state index in [1.807, 2.05) is 0 Å². The normalized spacial score (nSPS) is 10.6. The van der Waals surface area contributed by atoms with E-state index in [9.17, 15) is 4.79 Å². The second kappa shape index (κ2) is 5.90. The summed E-state index contributed by atoms with van der Waals surface area (Å²) in [6.07, 6.45) is 0. The van der Waals surface area contributed by atoms with Crippen LogP contribution in [0.5, 0.6) is 0 Å². The summed E-state index contributed by atoms with van der Waals surface area (Å²) in [5.74, 6) is 0. The molecular weight excluding hydrogens is 349 g/mol. The minimum absolute atomic E-state index is 0.260. The van der Waals surface area contributed by atoms with Crippen molar-refractivity contribution in [2.45, 2.75) is 0 Å². The predicted molar refractivity (Wildman–Crippen MR) is 82.1 cm³/mol. The molecule has 0 aliphatic heterocycles. The van der Waals surface area contributed by atoms with E-state index < -0.39 is 5.24 Å². The molecule has 0 saturated carbocycles. The fourth-order valence-corrected chi connectivity index (χ4v) is 2.73. The standard InChI is InChI=1S/C13H5Cl5O/c14-8-4-6(3-7(5-8)13(18)19)11-9(15)1-2-10(16)12(11)17/h1-5H. The van der Waals surface area contributed by atoms with Gasteiger partial charge >= 0.3 is 0 Å². The van der Waals surface area contributed by atoms with Crippen LogP contribution in [-0.2, 0) is 0 Å². The largest absolute Gasteiger partial charge is 0.276 e. The molecule has 6 heteroatoms. The molecule has 98 valence electrons. The highest BCUT2D eigenvalue weighted by Crippen LogP contribution is 2.40. The molecule has 2 aromatic rings. The molecule has 2 rings (SSSR count). The summed E-state index contributed by atoms with van der Waals surface area (Å²) in [5, 5.41) is 0.806. The maximum Gasteiger partial charge on any atom is 0.252 e. The van der Waals surface area contributed by atoms with Gasteiger partial charge in [-0.05, 0) is 47.5 Å². The first-order valence-corrected chi connectivity index (χ1v) is 6.93. The van der Waals surface area contributed by atoms with Gasteiger partial charge in [-0.3, -0.25) is 4.79 Å². The minimum Gasteiger partial charge on any atom is -0.276 e. The van der Waals surface area contributed by atoms with Crippen molar-refractivity contribution in [2.24, 2.45) is 0 Å². The summed E-state index contributed by atoms with van der Waals surface area (Å²) in [5.41, 5.74) is 1.35. The molecule has 1 nitrogen and oxygen atoms in total. The maximum atomic E-state index is 11.2. The van der Waals surface area contributed by atoms with Crippen molar-refractivity contribution in [3.63, 3.8) is 0 Å². The van der Waals surface area contributed by atoms with Crippen LogP contribution in [0, 0.1) is 0 Å². The van der Waals surface area contributed by atoms with Gasteiger partial charge in [0.2, 0.25) is 0 Å². The van der Waals surface area contributed by atoms with Crippen molar-refractivity contribution < 1.29 is 4.79 Å². The summed E-state index contributed by atoms with van der Waals surface area (Å²) < 4.78 is 0. The van der Waals surface area contributed by atoms with Gasteiger partial charge in [-0.25, -0.2) is 0 Å². The fourth-order valence-electron chi connectivity index (χ4n) is 1.64. The van der Waals surface area contributed by atoms with Gasteiger partial charge < -0.3 is 0 Å². The zero-order valence-electron chi connectivity index (χ0n) is 9.18. The van der Waals surface area contributed by atoms with E-state index in [1.54, 1.807) is 24.3 Å². The summed E-state index contributed by atoms with van der Waals surface area (Å²) in [7, 11) is 0. The number of carbonyl (C=O) groups excluding carboxylic acids is 1. The SMILES string of the molecule is O=C(Cl)c1cc(Cl)cc(-c2c(Cl)ccc(Cl)c2Cl)c1. The second-order valence-electron chi connectivity index (χ2n) is 3.72. The summed E-state index contributed by atoms with van der Waals surface area (Å²) in [6, 6.07) is 7.87. The van der Waals surface area contributed by atoms with Gasteiger partial charge in [0, 0.05) is 21.2 Å². The average molecular weight is 354 g/mol. The number of hydrogen-bond donors (Lipinski definition) is 0.